The lowest BCUT2D eigenvalue weighted by atomic mass is 10.1. The van der Waals surface area contributed by atoms with E-state index in [1.165, 1.54) is 35.4 Å². The van der Waals surface area contributed by atoms with Crippen LogP contribution >= 0.6 is 0 Å². The number of nitrogens with zero attached hydrogens (tertiary/aromatic N) is 3. The van der Waals surface area contributed by atoms with E-state index < -0.39 is 21.9 Å². The minimum atomic E-state index is -3.79. The van der Waals surface area contributed by atoms with E-state index in [1.807, 2.05) is 13.8 Å². The van der Waals surface area contributed by atoms with Gasteiger partial charge in [-0.15, -0.1) is 0 Å². The molecule has 1 aromatic carbocycles. The summed E-state index contributed by atoms with van der Waals surface area (Å²) in [6, 6.07) is 4.52. The summed E-state index contributed by atoms with van der Waals surface area (Å²) in [6.45, 7) is 4.09. The van der Waals surface area contributed by atoms with Gasteiger partial charge in [0.15, 0.2) is 0 Å². The minimum Gasteiger partial charge on any atom is -0.207 e. The summed E-state index contributed by atoms with van der Waals surface area (Å²) in [5.74, 6) is -0.563. The fourth-order valence-corrected chi connectivity index (χ4v) is 3.21. The fourth-order valence-electron chi connectivity index (χ4n) is 1.80. The molecule has 1 atom stereocenters. The van der Waals surface area contributed by atoms with Gasteiger partial charge in [0.2, 0.25) is 10.0 Å². The van der Waals surface area contributed by atoms with Crippen LogP contribution < -0.4 is 4.72 Å². The smallest absolute Gasteiger partial charge is 0.207 e. The van der Waals surface area contributed by atoms with Crippen LogP contribution in [-0.4, -0.2) is 29.5 Å². The van der Waals surface area contributed by atoms with Gasteiger partial charge in [-0.25, -0.2) is 17.5 Å². The first-order chi connectivity index (χ1) is 9.88. The lowest BCUT2D eigenvalue weighted by Crippen LogP contribution is -2.41. The van der Waals surface area contributed by atoms with Crippen molar-refractivity contribution in [1.29, 1.82) is 0 Å². The molecule has 0 spiro atoms. The third-order valence-corrected chi connectivity index (χ3v) is 4.53. The van der Waals surface area contributed by atoms with Crippen LogP contribution in [0.15, 0.2) is 41.6 Å². The Morgan fingerprint density at radius 2 is 1.95 bits per heavy atom. The van der Waals surface area contributed by atoms with Gasteiger partial charge in [0.25, 0.3) is 0 Å². The maximum absolute atomic E-state index is 13.2. The van der Waals surface area contributed by atoms with E-state index in [1.54, 1.807) is 0 Å². The normalized spacial score (nSPS) is 13.5. The highest BCUT2D eigenvalue weighted by Gasteiger charge is 2.23. The van der Waals surface area contributed by atoms with Gasteiger partial charge in [0.05, 0.1) is 23.8 Å². The molecule has 0 aliphatic carbocycles. The zero-order valence-electron chi connectivity index (χ0n) is 11.8. The van der Waals surface area contributed by atoms with Crippen LogP contribution in [-0.2, 0) is 16.6 Å². The molecule has 8 heteroatoms. The maximum Gasteiger partial charge on any atom is 0.240 e. The van der Waals surface area contributed by atoms with E-state index >= 15 is 0 Å². The van der Waals surface area contributed by atoms with Crippen molar-refractivity contribution in [3.8, 4) is 0 Å². The molecule has 21 heavy (non-hydrogen) atoms. The Kier molecular flexibility index (Phi) is 4.69. The van der Waals surface area contributed by atoms with Crippen LogP contribution in [0.5, 0.6) is 0 Å². The highest BCUT2D eigenvalue weighted by atomic mass is 32.2. The Morgan fingerprint density at radius 3 is 2.52 bits per heavy atom. The van der Waals surface area contributed by atoms with E-state index in [0.717, 1.165) is 6.07 Å². The number of benzene rings is 1. The van der Waals surface area contributed by atoms with Crippen molar-refractivity contribution in [2.75, 3.05) is 0 Å². The van der Waals surface area contributed by atoms with Gasteiger partial charge >= 0.3 is 0 Å². The van der Waals surface area contributed by atoms with Crippen molar-refractivity contribution >= 4 is 10.0 Å². The molecule has 0 saturated heterocycles. The first-order valence-corrected chi connectivity index (χ1v) is 7.99. The van der Waals surface area contributed by atoms with Gasteiger partial charge in [0.1, 0.15) is 5.82 Å². The van der Waals surface area contributed by atoms with Gasteiger partial charge in [-0.3, -0.25) is 0 Å². The van der Waals surface area contributed by atoms with Crippen LogP contribution in [0.1, 0.15) is 13.8 Å². The maximum atomic E-state index is 13.2. The summed E-state index contributed by atoms with van der Waals surface area (Å²) in [7, 11) is -3.79. The SMILES string of the molecule is CC(C)C(Cn1nccn1)NS(=O)(=O)c1cccc(F)c1. The van der Waals surface area contributed by atoms with Crippen LogP contribution in [0.25, 0.3) is 0 Å². The molecule has 0 amide bonds. The van der Waals surface area contributed by atoms with E-state index in [4.69, 9.17) is 0 Å². The summed E-state index contributed by atoms with van der Waals surface area (Å²) in [5.41, 5.74) is 0. The monoisotopic (exact) mass is 312 g/mol. The van der Waals surface area contributed by atoms with E-state index in [0.29, 0.717) is 6.54 Å². The second-order valence-corrected chi connectivity index (χ2v) is 6.73. The van der Waals surface area contributed by atoms with E-state index in [9.17, 15) is 12.8 Å². The first-order valence-electron chi connectivity index (χ1n) is 6.50. The van der Waals surface area contributed by atoms with E-state index in [2.05, 4.69) is 14.9 Å². The predicted molar refractivity (Wildman–Crippen MR) is 75.4 cm³/mol. The Balaban J connectivity index is 2.19. The number of halogens is 1. The number of sulfonamides is 1. The molecular formula is C13H17FN4O2S. The molecule has 2 aromatic rings. The van der Waals surface area contributed by atoms with Crippen molar-refractivity contribution in [3.63, 3.8) is 0 Å². The lowest BCUT2D eigenvalue weighted by molar-refractivity contribution is 0.361. The number of nitrogens with one attached hydrogen (secondary N) is 1. The average molecular weight is 312 g/mol. The Hall–Kier alpha value is -1.80. The predicted octanol–water partition coefficient (Wildman–Crippen LogP) is 1.42. The molecule has 2 rings (SSSR count). The molecule has 114 valence electrons. The molecule has 0 aliphatic rings. The molecule has 0 aliphatic heterocycles. The van der Waals surface area contributed by atoms with Gasteiger partial charge < -0.3 is 0 Å². The fraction of sp³-hybridized carbons (Fsp3) is 0.385. The molecule has 1 N–H and O–H groups in total. The summed E-state index contributed by atoms with van der Waals surface area (Å²) in [6.07, 6.45) is 3.05. The number of hydrogen-bond donors (Lipinski definition) is 1. The topological polar surface area (TPSA) is 76.9 Å². The molecule has 1 unspecified atom stereocenters. The quantitative estimate of drug-likeness (QED) is 0.875. The van der Waals surface area contributed by atoms with Crippen LogP contribution in [0, 0.1) is 11.7 Å². The third kappa shape index (κ3) is 4.08. The van der Waals surface area contributed by atoms with Crippen LogP contribution in [0.4, 0.5) is 4.39 Å². The first kappa shape index (κ1) is 15.6. The second kappa shape index (κ2) is 6.31. The summed E-state index contributed by atoms with van der Waals surface area (Å²) >= 11 is 0. The zero-order valence-corrected chi connectivity index (χ0v) is 12.6. The van der Waals surface area contributed by atoms with Crippen molar-refractivity contribution in [2.24, 2.45) is 5.92 Å². The van der Waals surface area contributed by atoms with Gasteiger partial charge in [-0.05, 0) is 24.1 Å². The van der Waals surface area contributed by atoms with Crippen molar-refractivity contribution < 1.29 is 12.8 Å². The number of hydrogen-bond acceptors (Lipinski definition) is 4. The minimum absolute atomic E-state index is 0.0272. The van der Waals surface area contributed by atoms with Gasteiger partial charge in [-0.2, -0.15) is 15.0 Å². The van der Waals surface area contributed by atoms with Crippen molar-refractivity contribution in [3.05, 3.63) is 42.5 Å². The molecule has 6 nitrogen and oxygen atoms in total. The number of aromatic nitrogens is 3. The lowest BCUT2D eigenvalue weighted by Gasteiger charge is -2.21. The Morgan fingerprint density at radius 1 is 1.29 bits per heavy atom. The highest BCUT2D eigenvalue weighted by Crippen LogP contribution is 2.13. The molecule has 0 bridgehead atoms. The van der Waals surface area contributed by atoms with Gasteiger partial charge in [0, 0.05) is 6.04 Å². The summed E-state index contributed by atoms with van der Waals surface area (Å²) < 4.78 is 40.4. The van der Waals surface area contributed by atoms with Gasteiger partial charge in [-0.1, -0.05) is 19.9 Å². The molecule has 1 heterocycles. The zero-order chi connectivity index (χ0) is 15.5. The van der Waals surface area contributed by atoms with Crippen LogP contribution in [0.2, 0.25) is 0 Å². The molecular weight excluding hydrogens is 295 g/mol. The van der Waals surface area contributed by atoms with E-state index in [-0.39, 0.29) is 10.8 Å². The molecule has 0 fully saturated rings. The average Bonchev–Trinajstić information content (AvgIpc) is 2.90. The Labute approximate surface area is 123 Å². The highest BCUT2D eigenvalue weighted by molar-refractivity contribution is 7.89. The molecule has 0 saturated carbocycles. The second-order valence-electron chi connectivity index (χ2n) is 5.01. The largest absolute Gasteiger partial charge is 0.240 e. The Bertz CT molecular complexity index is 686. The molecule has 0 radical (unpaired) electrons. The summed E-state index contributed by atoms with van der Waals surface area (Å²) in [5, 5.41) is 7.93. The van der Waals surface area contributed by atoms with Crippen molar-refractivity contribution in [1.82, 2.24) is 19.7 Å². The summed E-state index contributed by atoms with van der Waals surface area (Å²) in [4.78, 5) is 1.32. The van der Waals surface area contributed by atoms with Crippen molar-refractivity contribution in [2.45, 2.75) is 31.3 Å². The molecule has 1 aromatic heterocycles. The van der Waals surface area contributed by atoms with Crippen LogP contribution in [0.3, 0.4) is 0 Å². The third-order valence-electron chi connectivity index (χ3n) is 3.04. The number of rotatable bonds is 6. The standard InChI is InChI=1S/C13H17FN4O2S/c1-10(2)13(9-18-15-6-7-16-18)17-21(19,20)12-5-3-4-11(14)8-12/h3-8,10,13,17H,9H2,1-2H3.